The van der Waals surface area contributed by atoms with Gasteiger partial charge in [-0.25, -0.2) is 0 Å². The van der Waals surface area contributed by atoms with Gasteiger partial charge in [-0.15, -0.1) is 0 Å². The van der Waals surface area contributed by atoms with Crippen LogP contribution in [0.2, 0.25) is 0 Å². The lowest BCUT2D eigenvalue weighted by molar-refractivity contribution is 0.221. The Kier molecular flexibility index (Phi) is 8.38. The van der Waals surface area contributed by atoms with Crippen molar-refractivity contribution >= 4 is 5.96 Å². The first-order valence-electron chi connectivity index (χ1n) is 10.4. The molecule has 162 valence electrons. The third kappa shape index (κ3) is 6.67. The maximum atomic E-state index is 5.46. The standard InChI is InChI=1S/C23H38N4O2/c1-17(2)15-27-12-10-19(11-13-27)26-22(24-5)25-16-23(3,4)18-8-9-20(28-6)21(14-18)29-7/h8-9,14,19H,1,10-13,15-16H2,2-7H3,(H2,24,25,26). The summed E-state index contributed by atoms with van der Waals surface area (Å²) in [6.45, 7) is 14.5. The van der Waals surface area contributed by atoms with Gasteiger partial charge in [-0.2, -0.15) is 0 Å². The van der Waals surface area contributed by atoms with Crippen LogP contribution in [0.3, 0.4) is 0 Å². The highest BCUT2D eigenvalue weighted by Crippen LogP contribution is 2.32. The first kappa shape index (κ1) is 23.1. The van der Waals surface area contributed by atoms with E-state index < -0.39 is 0 Å². The van der Waals surface area contributed by atoms with Crippen molar-refractivity contribution in [1.82, 2.24) is 15.5 Å². The number of guanidine groups is 1. The Hall–Kier alpha value is -2.21. The smallest absolute Gasteiger partial charge is 0.191 e. The number of methoxy groups -OCH3 is 2. The van der Waals surface area contributed by atoms with Crippen molar-refractivity contribution in [3.8, 4) is 11.5 Å². The molecule has 0 aliphatic carbocycles. The average molecular weight is 403 g/mol. The Morgan fingerprint density at radius 3 is 2.41 bits per heavy atom. The van der Waals surface area contributed by atoms with Gasteiger partial charge in [-0.3, -0.25) is 9.89 Å². The maximum absolute atomic E-state index is 5.46. The third-order valence-corrected chi connectivity index (χ3v) is 5.51. The van der Waals surface area contributed by atoms with E-state index in [1.165, 1.54) is 11.1 Å². The predicted molar refractivity (Wildman–Crippen MR) is 121 cm³/mol. The number of piperidine rings is 1. The predicted octanol–water partition coefficient (Wildman–Crippen LogP) is 3.19. The number of aliphatic imine (C=N–C) groups is 1. The third-order valence-electron chi connectivity index (χ3n) is 5.51. The Bertz CT molecular complexity index is 707. The topological polar surface area (TPSA) is 58.1 Å². The van der Waals surface area contributed by atoms with E-state index in [1.807, 2.05) is 19.2 Å². The molecule has 0 unspecified atom stereocenters. The van der Waals surface area contributed by atoms with Crippen LogP contribution in [0.15, 0.2) is 35.3 Å². The van der Waals surface area contributed by atoms with Gasteiger partial charge in [0, 0.05) is 44.7 Å². The van der Waals surface area contributed by atoms with Gasteiger partial charge in [0.1, 0.15) is 0 Å². The molecule has 1 aliphatic heterocycles. The van der Waals surface area contributed by atoms with Crippen molar-refractivity contribution in [3.63, 3.8) is 0 Å². The van der Waals surface area contributed by atoms with E-state index in [1.54, 1.807) is 14.2 Å². The summed E-state index contributed by atoms with van der Waals surface area (Å²) in [6.07, 6.45) is 2.24. The number of nitrogens with one attached hydrogen (secondary N) is 2. The van der Waals surface area contributed by atoms with Crippen molar-refractivity contribution in [2.24, 2.45) is 4.99 Å². The van der Waals surface area contributed by atoms with Gasteiger partial charge in [0.05, 0.1) is 14.2 Å². The molecule has 0 atom stereocenters. The number of likely N-dealkylation sites (tertiary alicyclic amines) is 1. The molecule has 1 fully saturated rings. The van der Waals surface area contributed by atoms with Crippen LogP contribution in [0.1, 0.15) is 39.2 Å². The zero-order valence-corrected chi connectivity index (χ0v) is 19.0. The molecule has 1 aromatic carbocycles. The number of hydrogen-bond acceptors (Lipinski definition) is 4. The number of rotatable bonds is 8. The fourth-order valence-corrected chi connectivity index (χ4v) is 3.67. The Labute approximate surface area is 176 Å². The summed E-state index contributed by atoms with van der Waals surface area (Å²) >= 11 is 0. The quantitative estimate of drug-likeness (QED) is 0.397. The second-order valence-electron chi connectivity index (χ2n) is 8.53. The molecular formula is C23H38N4O2. The first-order chi connectivity index (χ1) is 13.8. The highest BCUT2D eigenvalue weighted by Gasteiger charge is 2.24. The summed E-state index contributed by atoms with van der Waals surface area (Å²) in [5.41, 5.74) is 2.32. The lowest BCUT2D eigenvalue weighted by Crippen LogP contribution is -2.50. The minimum atomic E-state index is -0.0952. The van der Waals surface area contributed by atoms with Gasteiger partial charge < -0.3 is 20.1 Å². The van der Waals surface area contributed by atoms with E-state index in [-0.39, 0.29) is 5.41 Å². The molecule has 0 bridgehead atoms. The molecule has 0 radical (unpaired) electrons. The number of hydrogen-bond donors (Lipinski definition) is 2. The van der Waals surface area contributed by atoms with Crippen LogP contribution in [0.4, 0.5) is 0 Å². The van der Waals surface area contributed by atoms with Crippen molar-refractivity contribution in [2.75, 3.05) is 47.4 Å². The van der Waals surface area contributed by atoms with Crippen LogP contribution < -0.4 is 20.1 Å². The molecular weight excluding hydrogens is 364 g/mol. The summed E-state index contributed by atoms with van der Waals surface area (Å²) in [6, 6.07) is 6.55. The van der Waals surface area contributed by atoms with Crippen LogP contribution in [0.5, 0.6) is 11.5 Å². The molecule has 6 heteroatoms. The number of benzene rings is 1. The largest absolute Gasteiger partial charge is 0.493 e. The highest BCUT2D eigenvalue weighted by atomic mass is 16.5. The van der Waals surface area contributed by atoms with E-state index in [9.17, 15) is 0 Å². The SMILES string of the molecule is C=C(C)CN1CCC(NC(=NC)NCC(C)(C)c2ccc(OC)c(OC)c2)CC1. The molecule has 0 saturated carbocycles. The van der Waals surface area contributed by atoms with Crippen molar-refractivity contribution in [2.45, 2.75) is 45.1 Å². The van der Waals surface area contributed by atoms with Crippen molar-refractivity contribution < 1.29 is 9.47 Å². The maximum Gasteiger partial charge on any atom is 0.191 e. The van der Waals surface area contributed by atoms with Crippen LogP contribution in [0.25, 0.3) is 0 Å². The Morgan fingerprint density at radius 1 is 1.21 bits per heavy atom. The summed E-state index contributed by atoms with van der Waals surface area (Å²) in [5, 5.41) is 7.09. The van der Waals surface area contributed by atoms with Crippen molar-refractivity contribution in [1.29, 1.82) is 0 Å². The van der Waals surface area contributed by atoms with Crippen LogP contribution >= 0.6 is 0 Å². The molecule has 1 aliphatic rings. The molecule has 0 spiro atoms. The second kappa shape index (κ2) is 10.5. The molecule has 1 saturated heterocycles. The molecule has 6 nitrogen and oxygen atoms in total. The van der Waals surface area contributed by atoms with Crippen LogP contribution in [0, 0.1) is 0 Å². The first-order valence-corrected chi connectivity index (χ1v) is 10.4. The van der Waals surface area contributed by atoms with E-state index >= 15 is 0 Å². The monoisotopic (exact) mass is 402 g/mol. The molecule has 0 amide bonds. The fraction of sp³-hybridized carbons (Fsp3) is 0.609. The van der Waals surface area contributed by atoms with Gasteiger partial charge in [0.15, 0.2) is 17.5 Å². The Balaban J connectivity index is 1.91. The second-order valence-corrected chi connectivity index (χ2v) is 8.53. The highest BCUT2D eigenvalue weighted by molar-refractivity contribution is 5.80. The number of ether oxygens (including phenoxy) is 2. The molecule has 2 rings (SSSR count). The van der Waals surface area contributed by atoms with E-state index in [0.29, 0.717) is 6.04 Å². The molecule has 1 heterocycles. The van der Waals surface area contributed by atoms with E-state index in [2.05, 4.69) is 53.9 Å². The lowest BCUT2D eigenvalue weighted by atomic mass is 9.84. The van der Waals surface area contributed by atoms with Crippen molar-refractivity contribution in [3.05, 3.63) is 35.9 Å². The van der Waals surface area contributed by atoms with Crippen LogP contribution in [-0.2, 0) is 5.41 Å². The minimum Gasteiger partial charge on any atom is -0.493 e. The van der Waals surface area contributed by atoms with E-state index in [4.69, 9.17) is 9.47 Å². The molecule has 29 heavy (non-hydrogen) atoms. The van der Waals surface area contributed by atoms with Crippen LogP contribution in [-0.4, -0.2) is 64.3 Å². The summed E-state index contributed by atoms with van der Waals surface area (Å²) in [5.74, 6) is 2.36. The van der Waals surface area contributed by atoms with Gasteiger partial charge in [0.2, 0.25) is 0 Å². The summed E-state index contributed by atoms with van der Waals surface area (Å²) in [7, 11) is 5.15. The number of nitrogens with zero attached hydrogens (tertiary/aromatic N) is 2. The normalized spacial score (nSPS) is 16.4. The Morgan fingerprint density at radius 2 is 1.86 bits per heavy atom. The molecule has 1 aromatic rings. The minimum absolute atomic E-state index is 0.0952. The van der Waals surface area contributed by atoms with Gasteiger partial charge >= 0.3 is 0 Å². The zero-order valence-electron chi connectivity index (χ0n) is 19.0. The van der Waals surface area contributed by atoms with E-state index in [0.717, 1.165) is 56.5 Å². The lowest BCUT2D eigenvalue weighted by Gasteiger charge is -2.34. The van der Waals surface area contributed by atoms with Gasteiger partial charge in [-0.1, -0.05) is 32.1 Å². The zero-order chi connectivity index (χ0) is 21.4. The summed E-state index contributed by atoms with van der Waals surface area (Å²) < 4.78 is 10.8. The van der Waals surface area contributed by atoms with Gasteiger partial charge in [-0.05, 0) is 37.5 Å². The summed E-state index contributed by atoms with van der Waals surface area (Å²) in [4.78, 5) is 6.90. The fourth-order valence-electron chi connectivity index (χ4n) is 3.67. The van der Waals surface area contributed by atoms with Gasteiger partial charge in [0.25, 0.3) is 0 Å². The average Bonchev–Trinajstić information content (AvgIpc) is 2.71. The molecule has 0 aromatic heterocycles. The molecule has 2 N–H and O–H groups in total.